The van der Waals surface area contributed by atoms with Gasteiger partial charge in [0.05, 0.1) is 22.5 Å². The molecule has 0 radical (unpaired) electrons. The van der Waals surface area contributed by atoms with Gasteiger partial charge in [-0.05, 0) is 30.3 Å². The van der Waals surface area contributed by atoms with Crippen LogP contribution in [-0.2, 0) is 10.0 Å². The van der Waals surface area contributed by atoms with Gasteiger partial charge in [-0.15, -0.1) is 0 Å². The Kier molecular flexibility index (Phi) is 5.71. The number of amides is 1. The second kappa shape index (κ2) is 8.05. The third kappa shape index (κ3) is 4.46. The Morgan fingerprint density at radius 2 is 1.72 bits per heavy atom. The van der Waals surface area contributed by atoms with Crippen molar-refractivity contribution < 1.29 is 22.9 Å². The fourth-order valence-electron chi connectivity index (χ4n) is 3.15. The highest BCUT2D eigenvalue weighted by Gasteiger charge is 2.26. The molecule has 1 aliphatic rings. The monoisotopic (exact) mass is 420 g/mol. The molecular weight excluding hydrogens is 400 g/mol. The van der Waals surface area contributed by atoms with E-state index in [9.17, 15) is 23.3 Å². The molecule has 1 saturated heterocycles. The van der Waals surface area contributed by atoms with E-state index in [2.05, 4.69) is 0 Å². The number of nitrogens with zero attached hydrogens (tertiary/aromatic N) is 3. The van der Waals surface area contributed by atoms with Gasteiger partial charge in [-0.25, -0.2) is 13.6 Å². The fourth-order valence-corrected chi connectivity index (χ4v) is 3.69. The molecule has 0 unspecified atom stereocenters. The molecule has 0 atom stereocenters. The van der Waals surface area contributed by atoms with Gasteiger partial charge in [0, 0.05) is 44.0 Å². The van der Waals surface area contributed by atoms with Crippen LogP contribution in [0.5, 0.6) is 5.75 Å². The third-order valence-corrected chi connectivity index (χ3v) is 5.63. The van der Waals surface area contributed by atoms with Crippen LogP contribution < -0.4 is 14.8 Å². The van der Waals surface area contributed by atoms with Gasteiger partial charge < -0.3 is 14.5 Å². The normalized spacial score (nSPS) is 14.6. The molecule has 0 bridgehead atoms. The Bertz CT molecular complexity index is 1030. The molecule has 1 fully saturated rings. The van der Waals surface area contributed by atoms with E-state index in [1.54, 1.807) is 17.0 Å². The van der Waals surface area contributed by atoms with Gasteiger partial charge in [0.2, 0.25) is 10.0 Å². The smallest absolute Gasteiger partial charge is 0.269 e. The van der Waals surface area contributed by atoms with E-state index in [4.69, 9.17) is 9.88 Å². The lowest BCUT2D eigenvalue weighted by atomic mass is 10.1. The number of hydrogen-bond acceptors (Lipinski definition) is 7. The first kappa shape index (κ1) is 20.6. The van der Waals surface area contributed by atoms with E-state index in [0.717, 1.165) is 5.69 Å². The number of sulfonamides is 1. The summed E-state index contributed by atoms with van der Waals surface area (Å²) >= 11 is 0. The number of carbonyl (C=O) groups is 1. The average molecular weight is 420 g/mol. The average Bonchev–Trinajstić information content (AvgIpc) is 2.72. The van der Waals surface area contributed by atoms with Gasteiger partial charge in [0.25, 0.3) is 11.6 Å². The van der Waals surface area contributed by atoms with E-state index in [0.29, 0.717) is 26.2 Å². The van der Waals surface area contributed by atoms with Crippen LogP contribution in [0, 0.1) is 10.1 Å². The highest BCUT2D eigenvalue weighted by molar-refractivity contribution is 7.89. The van der Waals surface area contributed by atoms with E-state index < -0.39 is 14.9 Å². The van der Waals surface area contributed by atoms with Gasteiger partial charge in [-0.2, -0.15) is 0 Å². The first-order valence-corrected chi connectivity index (χ1v) is 10.2. The number of primary sulfonamides is 1. The van der Waals surface area contributed by atoms with Crippen molar-refractivity contribution in [1.29, 1.82) is 0 Å². The van der Waals surface area contributed by atoms with Gasteiger partial charge in [-0.1, -0.05) is 0 Å². The molecule has 10 nitrogen and oxygen atoms in total. The van der Waals surface area contributed by atoms with Crippen molar-refractivity contribution in [2.45, 2.75) is 4.90 Å². The maximum absolute atomic E-state index is 12.9. The zero-order chi connectivity index (χ0) is 21.2. The number of anilines is 1. The molecule has 0 spiro atoms. The SMILES string of the molecule is COc1ccc(S(N)(=O)=O)cc1C(=O)N1CCN(c2ccc([N+](=O)[O-])cc2)CC1. The maximum atomic E-state index is 12.9. The van der Waals surface area contributed by atoms with Crippen LogP contribution in [0.2, 0.25) is 0 Å². The van der Waals surface area contributed by atoms with Crippen molar-refractivity contribution in [3.05, 3.63) is 58.1 Å². The Morgan fingerprint density at radius 3 is 2.24 bits per heavy atom. The summed E-state index contributed by atoms with van der Waals surface area (Å²) in [5.74, 6) is -0.0871. The van der Waals surface area contributed by atoms with Crippen LogP contribution in [0.15, 0.2) is 47.4 Å². The van der Waals surface area contributed by atoms with Crippen LogP contribution in [0.1, 0.15) is 10.4 Å². The number of benzene rings is 2. The zero-order valence-electron chi connectivity index (χ0n) is 15.6. The fraction of sp³-hybridized carbons (Fsp3) is 0.278. The summed E-state index contributed by atoms with van der Waals surface area (Å²) in [6, 6.07) is 10.1. The summed E-state index contributed by atoms with van der Waals surface area (Å²) in [4.78, 5) is 26.7. The number of nitro groups is 1. The van der Waals surface area contributed by atoms with Crippen molar-refractivity contribution in [3.63, 3.8) is 0 Å². The van der Waals surface area contributed by atoms with Gasteiger partial charge >= 0.3 is 0 Å². The number of rotatable bonds is 5. The summed E-state index contributed by atoms with van der Waals surface area (Å²) in [5, 5.41) is 15.9. The molecule has 154 valence electrons. The van der Waals surface area contributed by atoms with Crippen molar-refractivity contribution in [2.24, 2.45) is 5.14 Å². The highest BCUT2D eigenvalue weighted by atomic mass is 32.2. The largest absolute Gasteiger partial charge is 0.496 e. The van der Waals surface area contributed by atoms with E-state index in [1.807, 2.05) is 4.90 Å². The van der Waals surface area contributed by atoms with E-state index in [1.165, 1.54) is 37.4 Å². The predicted octanol–water partition coefficient (Wildman–Crippen LogP) is 1.21. The number of hydrogen-bond donors (Lipinski definition) is 1. The van der Waals surface area contributed by atoms with Crippen LogP contribution in [0.25, 0.3) is 0 Å². The Hall–Kier alpha value is -3.18. The molecule has 1 aliphatic heterocycles. The Balaban J connectivity index is 1.74. The minimum Gasteiger partial charge on any atom is -0.496 e. The van der Waals surface area contributed by atoms with Crippen molar-refractivity contribution in [3.8, 4) is 5.75 Å². The molecular formula is C18H20N4O6S. The van der Waals surface area contributed by atoms with Crippen molar-refractivity contribution >= 4 is 27.3 Å². The number of non-ortho nitro benzene ring substituents is 1. The van der Waals surface area contributed by atoms with Gasteiger partial charge in [-0.3, -0.25) is 14.9 Å². The van der Waals surface area contributed by atoms with E-state index in [-0.39, 0.29) is 27.8 Å². The number of nitrogens with two attached hydrogens (primary N) is 1. The first-order chi connectivity index (χ1) is 13.7. The summed E-state index contributed by atoms with van der Waals surface area (Å²) in [6.07, 6.45) is 0. The lowest BCUT2D eigenvalue weighted by molar-refractivity contribution is -0.384. The zero-order valence-corrected chi connectivity index (χ0v) is 16.5. The molecule has 0 saturated carbocycles. The number of carbonyl (C=O) groups excluding carboxylic acids is 1. The summed E-state index contributed by atoms with van der Waals surface area (Å²) in [5.41, 5.74) is 0.976. The minimum absolute atomic E-state index is 0.0180. The van der Waals surface area contributed by atoms with E-state index >= 15 is 0 Å². The molecule has 2 aromatic carbocycles. The number of nitro benzene ring substituents is 1. The highest BCUT2D eigenvalue weighted by Crippen LogP contribution is 2.25. The third-order valence-electron chi connectivity index (χ3n) is 4.72. The molecule has 29 heavy (non-hydrogen) atoms. The van der Waals surface area contributed by atoms with Crippen LogP contribution in [0.4, 0.5) is 11.4 Å². The summed E-state index contributed by atoms with van der Waals surface area (Å²) in [7, 11) is -2.55. The molecule has 0 aromatic heterocycles. The predicted molar refractivity (Wildman–Crippen MR) is 106 cm³/mol. The Labute approximate surface area is 167 Å². The summed E-state index contributed by atoms with van der Waals surface area (Å²) in [6.45, 7) is 1.86. The maximum Gasteiger partial charge on any atom is 0.269 e. The molecule has 3 rings (SSSR count). The van der Waals surface area contributed by atoms with Crippen LogP contribution in [0.3, 0.4) is 0 Å². The lowest BCUT2D eigenvalue weighted by Crippen LogP contribution is -2.48. The van der Waals surface area contributed by atoms with Crippen LogP contribution >= 0.6 is 0 Å². The lowest BCUT2D eigenvalue weighted by Gasteiger charge is -2.36. The van der Waals surface area contributed by atoms with Gasteiger partial charge in [0.15, 0.2) is 0 Å². The van der Waals surface area contributed by atoms with Crippen molar-refractivity contribution in [2.75, 3.05) is 38.2 Å². The number of ether oxygens (including phenoxy) is 1. The molecule has 2 aromatic rings. The quantitative estimate of drug-likeness (QED) is 0.567. The topological polar surface area (TPSA) is 136 Å². The minimum atomic E-state index is -3.95. The standard InChI is InChI=1S/C18H20N4O6S/c1-28-17-7-6-15(29(19,26)27)12-16(17)18(23)21-10-8-20(9-11-21)13-2-4-14(5-3-13)22(24)25/h2-7,12H,8-11H2,1H3,(H2,19,26,27). The summed E-state index contributed by atoms with van der Waals surface area (Å²) < 4.78 is 28.4. The number of methoxy groups -OCH3 is 1. The first-order valence-electron chi connectivity index (χ1n) is 8.70. The second-order valence-electron chi connectivity index (χ2n) is 6.46. The number of piperazine rings is 1. The van der Waals surface area contributed by atoms with Crippen LogP contribution in [-0.4, -0.2) is 57.4 Å². The Morgan fingerprint density at radius 1 is 1.10 bits per heavy atom. The van der Waals surface area contributed by atoms with Gasteiger partial charge in [0.1, 0.15) is 5.75 Å². The molecule has 0 aliphatic carbocycles. The molecule has 1 heterocycles. The molecule has 11 heteroatoms. The molecule has 1 amide bonds. The van der Waals surface area contributed by atoms with Crippen molar-refractivity contribution in [1.82, 2.24) is 4.90 Å². The second-order valence-corrected chi connectivity index (χ2v) is 8.02. The molecule has 2 N–H and O–H groups in total.